The van der Waals surface area contributed by atoms with Crippen LogP contribution in [0.2, 0.25) is 0 Å². The van der Waals surface area contributed by atoms with Crippen molar-refractivity contribution in [2.45, 2.75) is 32.3 Å². The normalized spacial score (nSPS) is 19.2. The van der Waals surface area contributed by atoms with E-state index < -0.39 is 6.10 Å². The molecule has 3 rings (SSSR count). The second kappa shape index (κ2) is 7.37. The van der Waals surface area contributed by atoms with Crippen LogP contribution in [0, 0.1) is 24.2 Å². The summed E-state index contributed by atoms with van der Waals surface area (Å²) < 4.78 is 5.77. The van der Waals surface area contributed by atoms with Crippen LogP contribution < -0.4 is 10.1 Å². The maximum atomic E-state index is 12.3. The molecular formula is C20H20N2O3. The SMILES string of the molecule is Cc1cc(Oc2ccc(C#N)cc2)ccc1NC(=O)C1CCCC1O. The molecule has 0 spiro atoms. The summed E-state index contributed by atoms with van der Waals surface area (Å²) in [5, 5.41) is 21.6. The number of hydrogen-bond acceptors (Lipinski definition) is 4. The fourth-order valence-corrected chi connectivity index (χ4v) is 3.05. The maximum Gasteiger partial charge on any atom is 0.230 e. The number of nitrogens with zero attached hydrogens (tertiary/aromatic N) is 1. The van der Waals surface area contributed by atoms with Gasteiger partial charge in [0.25, 0.3) is 0 Å². The van der Waals surface area contributed by atoms with E-state index in [1.165, 1.54) is 0 Å². The Labute approximate surface area is 146 Å². The predicted molar refractivity (Wildman–Crippen MR) is 94.4 cm³/mol. The van der Waals surface area contributed by atoms with Gasteiger partial charge in [0, 0.05) is 5.69 Å². The van der Waals surface area contributed by atoms with Gasteiger partial charge in [0.1, 0.15) is 11.5 Å². The number of nitriles is 1. The summed E-state index contributed by atoms with van der Waals surface area (Å²) in [5.41, 5.74) is 2.18. The molecule has 0 radical (unpaired) electrons. The molecule has 0 heterocycles. The number of carbonyl (C=O) groups is 1. The molecule has 2 atom stereocenters. The van der Waals surface area contributed by atoms with Crippen LogP contribution >= 0.6 is 0 Å². The van der Waals surface area contributed by atoms with Crippen LogP contribution in [-0.2, 0) is 4.79 Å². The van der Waals surface area contributed by atoms with Crippen molar-refractivity contribution in [2.75, 3.05) is 5.32 Å². The molecule has 2 N–H and O–H groups in total. The van der Waals surface area contributed by atoms with Crippen LogP contribution in [0.15, 0.2) is 42.5 Å². The summed E-state index contributed by atoms with van der Waals surface area (Å²) in [5.74, 6) is 0.841. The van der Waals surface area contributed by atoms with Crippen LogP contribution in [0.4, 0.5) is 5.69 Å². The van der Waals surface area contributed by atoms with Crippen LogP contribution in [0.5, 0.6) is 11.5 Å². The average Bonchev–Trinajstić information content (AvgIpc) is 3.04. The van der Waals surface area contributed by atoms with E-state index in [1.54, 1.807) is 36.4 Å². The molecule has 1 amide bonds. The van der Waals surface area contributed by atoms with Gasteiger partial charge in [-0.3, -0.25) is 4.79 Å². The molecule has 2 aromatic rings. The zero-order valence-electron chi connectivity index (χ0n) is 14.0. The largest absolute Gasteiger partial charge is 0.457 e. The zero-order valence-corrected chi connectivity index (χ0v) is 14.0. The van der Waals surface area contributed by atoms with Gasteiger partial charge in [-0.1, -0.05) is 0 Å². The van der Waals surface area contributed by atoms with Gasteiger partial charge in [-0.15, -0.1) is 0 Å². The van der Waals surface area contributed by atoms with Crippen molar-refractivity contribution >= 4 is 11.6 Å². The second-order valence-corrected chi connectivity index (χ2v) is 6.31. The van der Waals surface area contributed by atoms with Gasteiger partial charge in [-0.05, 0) is 74.2 Å². The van der Waals surface area contributed by atoms with Crippen molar-refractivity contribution < 1.29 is 14.6 Å². The average molecular weight is 336 g/mol. The number of aliphatic hydroxyl groups is 1. The third-order valence-electron chi connectivity index (χ3n) is 4.49. The number of nitrogens with one attached hydrogen (secondary N) is 1. The molecule has 0 bridgehead atoms. The molecule has 2 unspecified atom stereocenters. The number of rotatable bonds is 4. The highest BCUT2D eigenvalue weighted by Gasteiger charge is 2.31. The summed E-state index contributed by atoms with van der Waals surface area (Å²) in [6.45, 7) is 1.90. The maximum absolute atomic E-state index is 12.3. The number of ether oxygens (including phenoxy) is 1. The first-order valence-electron chi connectivity index (χ1n) is 8.34. The third-order valence-corrected chi connectivity index (χ3v) is 4.49. The molecule has 128 valence electrons. The van der Waals surface area contributed by atoms with Gasteiger partial charge in [0.05, 0.1) is 23.7 Å². The highest BCUT2D eigenvalue weighted by Crippen LogP contribution is 2.29. The van der Waals surface area contributed by atoms with Crippen LogP contribution in [0.1, 0.15) is 30.4 Å². The Morgan fingerprint density at radius 2 is 1.92 bits per heavy atom. The number of amides is 1. The molecule has 1 fully saturated rings. The lowest BCUT2D eigenvalue weighted by atomic mass is 10.0. The van der Waals surface area contributed by atoms with Gasteiger partial charge in [0.15, 0.2) is 0 Å². The first-order chi connectivity index (χ1) is 12.1. The molecule has 1 aliphatic carbocycles. The van der Waals surface area contributed by atoms with Crippen molar-refractivity contribution in [1.82, 2.24) is 0 Å². The van der Waals surface area contributed by atoms with E-state index >= 15 is 0 Å². The number of carbonyl (C=O) groups excluding carboxylic acids is 1. The van der Waals surface area contributed by atoms with E-state index in [1.807, 2.05) is 13.0 Å². The predicted octanol–water partition coefficient (Wildman–Crippen LogP) is 3.76. The summed E-state index contributed by atoms with van der Waals surface area (Å²) in [6, 6.07) is 14.4. The molecule has 1 saturated carbocycles. The van der Waals surface area contributed by atoms with Crippen LogP contribution in [-0.4, -0.2) is 17.1 Å². The topological polar surface area (TPSA) is 82.3 Å². The minimum Gasteiger partial charge on any atom is -0.457 e. The first-order valence-corrected chi connectivity index (χ1v) is 8.34. The van der Waals surface area contributed by atoms with Crippen molar-refractivity contribution in [1.29, 1.82) is 5.26 Å². The minimum atomic E-state index is -0.542. The number of aryl methyl sites for hydroxylation is 1. The van der Waals surface area contributed by atoms with Crippen molar-refractivity contribution in [3.8, 4) is 17.6 Å². The Hall–Kier alpha value is -2.84. The molecule has 1 aliphatic rings. The van der Waals surface area contributed by atoms with E-state index in [4.69, 9.17) is 10.00 Å². The Bertz CT molecular complexity index is 809. The van der Waals surface area contributed by atoms with E-state index in [9.17, 15) is 9.90 Å². The summed E-state index contributed by atoms with van der Waals surface area (Å²) in [4.78, 5) is 12.3. The van der Waals surface area contributed by atoms with Crippen LogP contribution in [0.25, 0.3) is 0 Å². The molecule has 5 heteroatoms. The van der Waals surface area contributed by atoms with E-state index in [0.717, 1.165) is 24.1 Å². The molecule has 0 aromatic heterocycles. The molecule has 25 heavy (non-hydrogen) atoms. The Morgan fingerprint density at radius 3 is 2.52 bits per heavy atom. The van der Waals surface area contributed by atoms with E-state index in [-0.39, 0.29) is 11.8 Å². The van der Waals surface area contributed by atoms with Gasteiger partial charge < -0.3 is 15.2 Å². The van der Waals surface area contributed by atoms with Gasteiger partial charge >= 0.3 is 0 Å². The summed E-state index contributed by atoms with van der Waals surface area (Å²) in [7, 11) is 0. The quantitative estimate of drug-likeness (QED) is 0.890. The Balaban J connectivity index is 1.67. The zero-order chi connectivity index (χ0) is 17.8. The standard InChI is InChI=1S/C20H20N2O3/c1-13-11-16(25-15-7-5-14(12-21)6-8-15)9-10-18(13)22-20(24)17-3-2-4-19(17)23/h5-11,17,19,23H,2-4H2,1H3,(H,22,24). The third kappa shape index (κ3) is 3.98. The monoisotopic (exact) mass is 336 g/mol. The molecule has 5 nitrogen and oxygen atoms in total. The summed E-state index contributed by atoms with van der Waals surface area (Å²) >= 11 is 0. The molecule has 0 aliphatic heterocycles. The van der Waals surface area contributed by atoms with Gasteiger partial charge in [-0.25, -0.2) is 0 Å². The number of anilines is 1. The molecular weight excluding hydrogens is 316 g/mol. The highest BCUT2D eigenvalue weighted by molar-refractivity contribution is 5.93. The fraction of sp³-hybridized carbons (Fsp3) is 0.300. The van der Waals surface area contributed by atoms with Crippen molar-refractivity contribution in [3.63, 3.8) is 0 Å². The number of hydrogen-bond donors (Lipinski definition) is 2. The van der Waals surface area contributed by atoms with E-state index in [2.05, 4.69) is 11.4 Å². The molecule has 2 aromatic carbocycles. The first kappa shape index (κ1) is 17.0. The fourth-order valence-electron chi connectivity index (χ4n) is 3.05. The lowest BCUT2D eigenvalue weighted by molar-refractivity contribution is -0.122. The van der Waals surface area contributed by atoms with Crippen molar-refractivity contribution in [2.24, 2.45) is 5.92 Å². The molecule has 0 saturated heterocycles. The van der Waals surface area contributed by atoms with Gasteiger partial charge in [0.2, 0.25) is 5.91 Å². The summed E-state index contributed by atoms with van der Waals surface area (Å²) in [6.07, 6.45) is 1.76. The second-order valence-electron chi connectivity index (χ2n) is 6.31. The van der Waals surface area contributed by atoms with E-state index in [0.29, 0.717) is 23.5 Å². The minimum absolute atomic E-state index is 0.131. The highest BCUT2D eigenvalue weighted by atomic mass is 16.5. The van der Waals surface area contributed by atoms with Gasteiger partial charge in [-0.2, -0.15) is 5.26 Å². The smallest absolute Gasteiger partial charge is 0.230 e. The lowest BCUT2D eigenvalue weighted by Crippen LogP contribution is -2.28. The van der Waals surface area contributed by atoms with Crippen LogP contribution in [0.3, 0.4) is 0 Å². The van der Waals surface area contributed by atoms with Crippen molar-refractivity contribution in [3.05, 3.63) is 53.6 Å². The lowest BCUT2D eigenvalue weighted by Gasteiger charge is -2.16. The number of benzene rings is 2. The Morgan fingerprint density at radius 1 is 1.20 bits per heavy atom. The number of aliphatic hydroxyl groups excluding tert-OH is 1. The Kier molecular flexibility index (Phi) is 5.01.